The highest BCUT2D eigenvalue weighted by Gasteiger charge is 2.33. The lowest BCUT2D eigenvalue weighted by atomic mass is 10.00. The van der Waals surface area contributed by atoms with Gasteiger partial charge in [-0.2, -0.15) is 0 Å². The van der Waals surface area contributed by atoms with Crippen molar-refractivity contribution in [2.45, 2.75) is 39.0 Å². The summed E-state index contributed by atoms with van der Waals surface area (Å²) in [4.78, 5) is 9.16. The molecule has 0 radical (unpaired) electrons. The summed E-state index contributed by atoms with van der Waals surface area (Å²) in [6.45, 7) is 10.8. The van der Waals surface area contributed by atoms with Gasteiger partial charge >= 0.3 is 0 Å². The summed E-state index contributed by atoms with van der Waals surface area (Å²) in [5.74, 6) is 0.982. The fourth-order valence-electron chi connectivity index (χ4n) is 2.63. The minimum Gasteiger partial charge on any atom is -0.383 e. The Morgan fingerprint density at radius 1 is 1.45 bits per heavy atom. The second-order valence-electron chi connectivity index (χ2n) is 6.75. The van der Waals surface area contributed by atoms with Gasteiger partial charge in [0.2, 0.25) is 0 Å². The number of anilines is 1. The quantitative estimate of drug-likeness (QED) is 0.805. The zero-order valence-electron chi connectivity index (χ0n) is 14.5. The monoisotopic (exact) mass is 307 g/mol. The molecule has 5 heteroatoms. The van der Waals surface area contributed by atoms with Gasteiger partial charge in [-0.1, -0.05) is 6.07 Å². The maximum absolute atomic E-state index is 5.77. The van der Waals surface area contributed by atoms with Crippen LogP contribution in [0, 0.1) is 0 Å². The number of hydrogen-bond acceptors (Lipinski definition) is 5. The summed E-state index contributed by atoms with van der Waals surface area (Å²) >= 11 is 0. The molecular weight excluding hydrogens is 278 g/mol. The van der Waals surface area contributed by atoms with E-state index < -0.39 is 0 Å². The van der Waals surface area contributed by atoms with E-state index in [2.05, 4.69) is 47.7 Å². The van der Waals surface area contributed by atoms with E-state index in [1.165, 1.54) is 5.56 Å². The molecule has 1 fully saturated rings. The first-order valence-electron chi connectivity index (χ1n) is 7.94. The van der Waals surface area contributed by atoms with Crippen molar-refractivity contribution in [3.8, 4) is 0 Å². The lowest BCUT2D eigenvalue weighted by molar-refractivity contribution is -0.0949. The Balaban J connectivity index is 1.98. The largest absolute Gasteiger partial charge is 0.383 e. The summed E-state index contributed by atoms with van der Waals surface area (Å²) in [5, 5.41) is 0. The standard InChI is InChI=1S/C17H29N3O2/c1-14-11-20(17(2,3)13-22-14)12-15-6-7-16(18-10-15)19(4)8-9-21-5/h6-7,10,14H,8-9,11-13H2,1-5H3/t14-/m0/s1. The molecule has 1 aliphatic heterocycles. The molecule has 2 heterocycles. The van der Waals surface area contributed by atoms with Crippen LogP contribution in [0.1, 0.15) is 26.3 Å². The number of rotatable bonds is 6. The highest BCUT2D eigenvalue weighted by atomic mass is 16.5. The topological polar surface area (TPSA) is 37.8 Å². The third-order valence-electron chi connectivity index (χ3n) is 4.26. The van der Waals surface area contributed by atoms with Crippen molar-refractivity contribution < 1.29 is 9.47 Å². The molecule has 0 saturated carbocycles. The first-order valence-corrected chi connectivity index (χ1v) is 7.94. The van der Waals surface area contributed by atoms with Crippen LogP contribution < -0.4 is 4.90 Å². The molecule has 1 saturated heterocycles. The minimum absolute atomic E-state index is 0.0699. The van der Waals surface area contributed by atoms with Crippen LogP contribution in [0.3, 0.4) is 0 Å². The molecular formula is C17H29N3O2. The highest BCUT2D eigenvalue weighted by Crippen LogP contribution is 2.24. The number of nitrogens with zero attached hydrogens (tertiary/aromatic N) is 3. The van der Waals surface area contributed by atoms with Gasteiger partial charge in [0.1, 0.15) is 5.82 Å². The van der Waals surface area contributed by atoms with Crippen LogP contribution in [0.25, 0.3) is 0 Å². The Kier molecular flexibility index (Phi) is 5.78. The summed E-state index contributed by atoms with van der Waals surface area (Å²) in [6, 6.07) is 4.25. The first kappa shape index (κ1) is 17.2. The maximum Gasteiger partial charge on any atom is 0.128 e. The predicted molar refractivity (Wildman–Crippen MR) is 89.3 cm³/mol. The molecule has 2 rings (SSSR count). The Labute approximate surface area is 134 Å². The molecule has 0 aromatic carbocycles. The smallest absolute Gasteiger partial charge is 0.128 e. The summed E-state index contributed by atoms with van der Waals surface area (Å²) < 4.78 is 10.9. The summed E-state index contributed by atoms with van der Waals surface area (Å²) in [7, 11) is 3.75. The molecule has 124 valence electrons. The fourth-order valence-corrected chi connectivity index (χ4v) is 2.63. The van der Waals surface area contributed by atoms with Crippen molar-refractivity contribution in [2.75, 3.05) is 45.4 Å². The lowest BCUT2D eigenvalue weighted by Crippen LogP contribution is -2.54. The van der Waals surface area contributed by atoms with Gasteiger partial charge < -0.3 is 14.4 Å². The number of morpholine rings is 1. The van der Waals surface area contributed by atoms with E-state index in [1.807, 2.05) is 13.2 Å². The van der Waals surface area contributed by atoms with E-state index in [-0.39, 0.29) is 5.54 Å². The van der Waals surface area contributed by atoms with Crippen molar-refractivity contribution in [2.24, 2.45) is 0 Å². The maximum atomic E-state index is 5.77. The molecule has 0 bridgehead atoms. The summed E-state index contributed by atoms with van der Waals surface area (Å²) in [6.07, 6.45) is 2.27. The molecule has 0 amide bonds. The second-order valence-corrected chi connectivity index (χ2v) is 6.75. The van der Waals surface area contributed by atoms with Crippen LogP contribution in [0.5, 0.6) is 0 Å². The van der Waals surface area contributed by atoms with Crippen LogP contribution in [-0.4, -0.2) is 62.0 Å². The SMILES string of the molecule is COCCN(C)c1ccc(CN2C[C@H](C)OCC2(C)C)cn1. The van der Waals surface area contributed by atoms with E-state index in [4.69, 9.17) is 9.47 Å². The molecule has 0 aliphatic carbocycles. The van der Waals surface area contributed by atoms with E-state index in [9.17, 15) is 0 Å². The number of pyridine rings is 1. The zero-order valence-corrected chi connectivity index (χ0v) is 14.5. The van der Waals surface area contributed by atoms with Crippen LogP contribution >= 0.6 is 0 Å². The molecule has 0 N–H and O–H groups in total. The fraction of sp³-hybridized carbons (Fsp3) is 0.706. The molecule has 1 atom stereocenters. The van der Waals surface area contributed by atoms with Crippen LogP contribution in [0.15, 0.2) is 18.3 Å². The minimum atomic E-state index is 0.0699. The van der Waals surface area contributed by atoms with Gasteiger partial charge in [0.15, 0.2) is 0 Å². The number of methoxy groups -OCH3 is 1. The van der Waals surface area contributed by atoms with Gasteiger partial charge in [0, 0.05) is 45.5 Å². The van der Waals surface area contributed by atoms with E-state index >= 15 is 0 Å². The highest BCUT2D eigenvalue weighted by molar-refractivity contribution is 5.38. The van der Waals surface area contributed by atoms with Gasteiger partial charge in [0.05, 0.1) is 19.3 Å². The normalized spacial score (nSPS) is 21.8. The summed E-state index contributed by atoms with van der Waals surface area (Å²) in [5.41, 5.74) is 1.31. The zero-order chi connectivity index (χ0) is 16.2. The van der Waals surface area contributed by atoms with Crippen molar-refractivity contribution >= 4 is 5.82 Å². The number of ether oxygens (including phenoxy) is 2. The molecule has 22 heavy (non-hydrogen) atoms. The van der Waals surface area contributed by atoms with Gasteiger partial charge in [-0.15, -0.1) is 0 Å². The molecule has 0 spiro atoms. The number of hydrogen-bond donors (Lipinski definition) is 0. The van der Waals surface area contributed by atoms with Crippen molar-refractivity contribution in [3.63, 3.8) is 0 Å². The predicted octanol–water partition coefficient (Wildman–Crippen LogP) is 2.16. The third kappa shape index (κ3) is 4.41. The van der Waals surface area contributed by atoms with Gasteiger partial charge in [0.25, 0.3) is 0 Å². The first-order chi connectivity index (χ1) is 10.4. The van der Waals surface area contributed by atoms with Gasteiger partial charge in [-0.05, 0) is 32.4 Å². The van der Waals surface area contributed by atoms with Crippen LogP contribution in [0.2, 0.25) is 0 Å². The number of likely N-dealkylation sites (N-methyl/N-ethyl adjacent to an activating group) is 1. The van der Waals surface area contributed by atoms with Gasteiger partial charge in [-0.25, -0.2) is 4.98 Å². The van der Waals surface area contributed by atoms with E-state index in [0.29, 0.717) is 12.7 Å². The Bertz CT molecular complexity index is 461. The number of aromatic nitrogens is 1. The van der Waals surface area contributed by atoms with Crippen molar-refractivity contribution in [1.82, 2.24) is 9.88 Å². The Hall–Kier alpha value is -1.17. The Morgan fingerprint density at radius 2 is 2.23 bits per heavy atom. The van der Waals surface area contributed by atoms with E-state index in [1.54, 1.807) is 7.11 Å². The van der Waals surface area contributed by atoms with Gasteiger partial charge in [-0.3, -0.25) is 4.90 Å². The second kappa shape index (κ2) is 7.40. The average Bonchev–Trinajstić information content (AvgIpc) is 2.49. The van der Waals surface area contributed by atoms with Crippen LogP contribution in [0.4, 0.5) is 5.82 Å². The van der Waals surface area contributed by atoms with Crippen molar-refractivity contribution in [3.05, 3.63) is 23.9 Å². The molecule has 5 nitrogen and oxygen atoms in total. The molecule has 0 unspecified atom stereocenters. The molecule has 1 aromatic heterocycles. The average molecular weight is 307 g/mol. The van der Waals surface area contributed by atoms with E-state index in [0.717, 1.165) is 32.1 Å². The third-order valence-corrected chi connectivity index (χ3v) is 4.26. The van der Waals surface area contributed by atoms with Crippen LogP contribution in [-0.2, 0) is 16.0 Å². The molecule has 1 aromatic rings. The van der Waals surface area contributed by atoms with Crippen molar-refractivity contribution in [1.29, 1.82) is 0 Å². The Morgan fingerprint density at radius 3 is 2.86 bits per heavy atom. The molecule has 1 aliphatic rings. The lowest BCUT2D eigenvalue weighted by Gasteiger charge is -2.44.